The Morgan fingerprint density at radius 1 is 1.38 bits per heavy atom. The minimum atomic E-state index is -3.60. The van der Waals surface area contributed by atoms with E-state index < -0.39 is 16.1 Å². The Hall–Kier alpha value is -1.44. The summed E-state index contributed by atoms with van der Waals surface area (Å²) in [4.78, 5) is 11.8. The molecular formula is C17H25NO5S. The Bertz CT molecular complexity index is 669. The molecule has 0 saturated carbocycles. The number of aliphatic hydroxyl groups is 1. The van der Waals surface area contributed by atoms with Crippen molar-refractivity contribution in [1.82, 2.24) is 4.31 Å². The quantitative estimate of drug-likeness (QED) is 0.811. The highest BCUT2D eigenvalue weighted by Crippen LogP contribution is 2.32. The summed E-state index contributed by atoms with van der Waals surface area (Å²) in [6, 6.07) is 6.73. The van der Waals surface area contributed by atoms with Gasteiger partial charge in [-0.3, -0.25) is 4.79 Å². The maximum atomic E-state index is 12.8. The summed E-state index contributed by atoms with van der Waals surface area (Å²) in [7, 11) is -2.27. The first-order chi connectivity index (χ1) is 11.3. The van der Waals surface area contributed by atoms with Crippen LogP contribution in [-0.4, -0.2) is 50.1 Å². The highest BCUT2D eigenvalue weighted by Gasteiger charge is 2.38. The predicted molar refractivity (Wildman–Crippen MR) is 89.8 cm³/mol. The number of benzene rings is 1. The first-order valence-electron chi connectivity index (χ1n) is 8.07. The number of hydrogen-bond acceptors (Lipinski definition) is 5. The molecule has 1 saturated heterocycles. The lowest BCUT2D eigenvalue weighted by Crippen LogP contribution is -2.47. The average Bonchev–Trinajstić information content (AvgIpc) is 2.55. The highest BCUT2D eigenvalue weighted by atomic mass is 32.2. The molecule has 24 heavy (non-hydrogen) atoms. The van der Waals surface area contributed by atoms with E-state index in [-0.39, 0.29) is 35.7 Å². The zero-order chi connectivity index (χ0) is 17.9. The molecule has 1 aromatic carbocycles. The van der Waals surface area contributed by atoms with Crippen LogP contribution in [0.2, 0.25) is 0 Å². The molecule has 1 aromatic rings. The fraction of sp³-hybridized carbons (Fsp3) is 0.588. The van der Waals surface area contributed by atoms with Crippen molar-refractivity contribution in [2.75, 3.05) is 20.2 Å². The molecule has 0 aromatic heterocycles. The number of aryl methyl sites for hydroxylation is 1. The molecule has 0 spiro atoms. The van der Waals surface area contributed by atoms with Gasteiger partial charge in [0.1, 0.15) is 0 Å². The Kier molecular flexibility index (Phi) is 6.01. The van der Waals surface area contributed by atoms with Gasteiger partial charge in [0.05, 0.1) is 18.1 Å². The van der Waals surface area contributed by atoms with E-state index in [0.29, 0.717) is 13.0 Å². The number of nitrogens with zero attached hydrogens (tertiary/aromatic N) is 1. The highest BCUT2D eigenvalue weighted by molar-refractivity contribution is 7.89. The Morgan fingerprint density at radius 3 is 2.54 bits per heavy atom. The zero-order valence-electron chi connectivity index (χ0n) is 14.3. The van der Waals surface area contributed by atoms with Crippen molar-refractivity contribution in [2.24, 2.45) is 11.8 Å². The van der Waals surface area contributed by atoms with Gasteiger partial charge in [0, 0.05) is 25.4 Å². The van der Waals surface area contributed by atoms with Crippen molar-refractivity contribution in [3.05, 3.63) is 29.8 Å². The van der Waals surface area contributed by atoms with E-state index in [0.717, 1.165) is 5.56 Å². The molecule has 2 unspecified atom stereocenters. The van der Waals surface area contributed by atoms with Gasteiger partial charge in [0.2, 0.25) is 10.0 Å². The van der Waals surface area contributed by atoms with Gasteiger partial charge in [-0.05, 0) is 38.3 Å². The van der Waals surface area contributed by atoms with E-state index in [1.165, 1.54) is 11.4 Å². The minimum Gasteiger partial charge on any atom is -0.469 e. The third-order valence-electron chi connectivity index (χ3n) is 4.70. The van der Waals surface area contributed by atoms with Crippen molar-refractivity contribution >= 4 is 16.0 Å². The van der Waals surface area contributed by atoms with Crippen LogP contribution in [0.15, 0.2) is 29.2 Å². The fourth-order valence-electron chi connectivity index (χ4n) is 3.17. The Balaban J connectivity index is 2.19. The molecule has 1 heterocycles. The molecule has 1 aliphatic rings. The number of esters is 1. The van der Waals surface area contributed by atoms with Crippen LogP contribution in [0.4, 0.5) is 0 Å². The number of methoxy groups -OCH3 is 1. The van der Waals surface area contributed by atoms with Crippen LogP contribution in [0, 0.1) is 18.8 Å². The van der Waals surface area contributed by atoms with Crippen molar-refractivity contribution in [3.63, 3.8) is 0 Å². The summed E-state index contributed by atoms with van der Waals surface area (Å²) in [5.74, 6) is -0.708. The monoisotopic (exact) mass is 355 g/mol. The maximum absolute atomic E-state index is 12.8. The fourth-order valence-corrected chi connectivity index (χ4v) is 4.67. The second kappa shape index (κ2) is 7.63. The number of rotatable bonds is 5. The van der Waals surface area contributed by atoms with E-state index >= 15 is 0 Å². The smallest absolute Gasteiger partial charge is 0.305 e. The topological polar surface area (TPSA) is 83.9 Å². The molecule has 0 amide bonds. The van der Waals surface area contributed by atoms with E-state index in [9.17, 15) is 18.3 Å². The largest absolute Gasteiger partial charge is 0.469 e. The number of sulfonamides is 1. The molecule has 134 valence electrons. The van der Waals surface area contributed by atoms with Crippen LogP contribution < -0.4 is 0 Å². The summed E-state index contributed by atoms with van der Waals surface area (Å²) in [5.41, 5.74) is 0.993. The van der Waals surface area contributed by atoms with Gasteiger partial charge >= 0.3 is 5.97 Å². The van der Waals surface area contributed by atoms with Crippen molar-refractivity contribution in [3.8, 4) is 0 Å². The van der Waals surface area contributed by atoms with Gasteiger partial charge in [-0.2, -0.15) is 4.31 Å². The Labute approximate surface area is 143 Å². The van der Waals surface area contributed by atoms with Crippen molar-refractivity contribution in [2.45, 2.75) is 37.7 Å². The molecular weight excluding hydrogens is 330 g/mol. The van der Waals surface area contributed by atoms with E-state index in [2.05, 4.69) is 0 Å². The third kappa shape index (κ3) is 4.15. The van der Waals surface area contributed by atoms with Gasteiger partial charge in [0.15, 0.2) is 0 Å². The van der Waals surface area contributed by atoms with Gasteiger partial charge < -0.3 is 9.84 Å². The van der Waals surface area contributed by atoms with E-state index in [4.69, 9.17) is 4.74 Å². The molecule has 0 aliphatic carbocycles. The molecule has 6 nitrogen and oxygen atoms in total. The summed E-state index contributed by atoms with van der Waals surface area (Å²) in [6.45, 7) is 4.08. The first-order valence-corrected chi connectivity index (χ1v) is 9.51. The third-order valence-corrected chi connectivity index (χ3v) is 6.58. The molecule has 2 rings (SSSR count). The van der Waals surface area contributed by atoms with Crippen molar-refractivity contribution in [1.29, 1.82) is 0 Å². The van der Waals surface area contributed by atoms with Gasteiger partial charge in [0.25, 0.3) is 0 Å². The second-order valence-corrected chi connectivity index (χ2v) is 8.35. The average molecular weight is 355 g/mol. The normalized spacial score (nSPS) is 23.7. The standard InChI is InChI=1S/C17H25NO5S/c1-12-4-6-15(7-5-12)24(21,22)18-9-8-14(10-17(20)23-3)16(11-18)13(2)19/h4-7,13-14,16,19H,8-11H2,1-3H3/t13-,14?,16?/m0/s1. The number of carbonyl (C=O) groups excluding carboxylic acids is 1. The lowest BCUT2D eigenvalue weighted by atomic mass is 9.81. The second-order valence-electron chi connectivity index (χ2n) is 6.41. The lowest BCUT2D eigenvalue weighted by Gasteiger charge is -2.38. The van der Waals surface area contributed by atoms with Crippen LogP contribution in [0.25, 0.3) is 0 Å². The summed E-state index contributed by atoms with van der Waals surface area (Å²) >= 11 is 0. The number of ether oxygens (including phenoxy) is 1. The number of hydrogen-bond donors (Lipinski definition) is 1. The molecule has 0 radical (unpaired) electrons. The van der Waals surface area contributed by atoms with Crippen LogP contribution in [0.1, 0.15) is 25.3 Å². The maximum Gasteiger partial charge on any atom is 0.305 e. The van der Waals surface area contributed by atoms with Gasteiger partial charge in [-0.1, -0.05) is 17.7 Å². The van der Waals surface area contributed by atoms with Crippen LogP contribution in [0.5, 0.6) is 0 Å². The SMILES string of the molecule is COC(=O)CC1CCN(S(=O)(=O)c2ccc(C)cc2)CC1[C@H](C)O. The van der Waals surface area contributed by atoms with E-state index in [1.54, 1.807) is 31.2 Å². The summed E-state index contributed by atoms with van der Waals surface area (Å²) in [6.07, 6.45) is 0.0240. The van der Waals surface area contributed by atoms with Crippen LogP contribution >= 0.6 is 0 Å². The number of carbonyl (C=O) groups is 1. The molecule has 1 fully saturated rings. The van der Waals surface area contributed by atoms with Gasteiger partial charge in [-0.25, -0.2) is 8.42 Å². The van der Waals surface area contributed by atoms with Crippen molar-refractivity contribution < 1.29 is 23.1 Å². The lowest BCUT2D eigenvalue weighted by molar-refractivity contribution is -0.143. The van der Waals surface area contributed by atoms with Gasteiger partial charge in [-0.15, -0.1) is 0 Å². The summed E-state index contributed by atoms with van der Waals surface area (Å²) in [5, 5.41) is 10.1. The molecule has 7 heteroatoms. The molecule has 1 N–H and O–H groups in total. The van der Waals surface area contributed by atoms with E-state index in [1.807, 2.05) is 6.92 Å². The number of aliphatic hydroxyl groups excluding tert-OH is 1. The zero-order valence-corrected chi connectivity index (χ0v) is 15.1. The van der Waals surface area contributed by atoms with Crippen LogP contribution in [0.3, 0.4) is 0 Å². The number of piperidine rings is 1. The molecule has 1 aliphatic heterocycles. The van der Waals surface area contributed by atoms with Crippen LogP contribution in [-0.2, 0) is 19.6 Å². The summed E-state index contributed by atoms with van der Waals surface area (Å²) < 4.78 is 31.7. The first kappa shape index (κ1) is 18.9. The molecule has 3 atom stereocenters. The molecule has 0 bridgehead atoms. The predicted octanol–water partition coefficient (Wildman–Crippen LogP) is 1.57. The Morgan fingerprint density at radius 2 is 2.00 bits per heavy atom. The minimum absolute atomic E-state index is 0.0816.